The first kappa shape index (κ1) is 19.7. The van der Waals surface area contributed by atoms with Crippen LogP contribution in [0.1, 0.15) is 24.8 Å². The molecule has 0 unspecified atom stereocenters. The third-order valence-corrected chi connectivity index (χ3v) is 5.25. The van der Waals surface area contributed by atoms with Gasteiger partial charge < -0.3 is 15.5 Å². The topological polar surface area (TPSA) is 81.8 Å². The van der Waals surface area contributed by atoms with Crippen molar-refractivity contribution in [1.29, 1.82) is 0 Å². The molecular weight excluding hydrogens is 380 g/mol. The number of amides is 4. The highest BCUT2D eigenvalue weighted by Gasteiger charge is 2.34. The van der Waals surface area contributed by atoms with Gasteiger partial charge in [0.05, 0.1) is 0 Å². The summed E-state index contributed by atoms with van der Waals surface area (Å²) in [4.78, 5) is 40.3. The monoisotopic (exact) mass is 404 g/mol. The van der Waals surface area contributed by atoms with Gasteiger partial charge in [-0.1, -0.05) is 30.3 Å². The fourth-order valence-corrected chi connectivity index (χ4v) is 3.68. The second kappa shape index (κ2) is 8.82. The molecule has 4 rings (SSSR count). The number of hydrogen-bond acceptors (Lipinski definition) is 4. The van der Waals surface area contributed by atoms with Crippen LogP contribution in [0.15, 0.2) is 60.3 Å². The van der Waals surface area contributed by atoms with Gasteiger partial charge in [-0.2, -0.15) is 0 Å². The molecule has 0 atom stereocenters. The fourth-order valence-electron chi connectivity index (χ4n) is 3.68. The number of nitrogens with one attached hydrogen (secondary N) is 2. The number of para-hydroxylation sites is 1. The number of urea groups is 1. The highest BCUT2D eigenvalue weighted by atomic mass is 16.2. The maximum absolute atomic E-state index is 12.6. The molecule has 4 amide bonds. The molecule has 0 spiro atoms. The molecular formula is C23H24N4O3. The number of nitrogens with zero attached hydrogens (tertiary/aromatic N) is 2. The minimum Gasteiger partial charge on any atom is -0.372 e. The van der Waals surface area contributed by atoms with Crippen LogP contribution < -0.4 is 15.5 Å². The summed E-state index contributed by atoms with van der Waals surface area (Å²) in [5, 5.41) is 5.23. The van der Waals surface area contributed by atoms with Gasteiger partial charge in [-0.3, -0.25) is 9.59 Å². The molecule has 0 radical (unpaired) electrons. The molecule has 2 aromatic rings. The summed E-state index contributed by atoms with van der Waals surface area (Å²) in [5.74, 6) is -0.944. The smallest absolute Gasteiger partial charge is 0.329 e. The van der Waals surface area contributed by atoms with Crippen LogP contribution in [0, 0.1) is 0 Å². The van der Waals surface area contributed by atoms with Gasteiger partial charge in [0.25, 0.3) is 5.91 Å². The van der Waals surface area contributed by atoms with E-state index < -0.39 is 17.8 Å². The Morgan fingerprint density at radius 1 is 0.967 bits per heavy atom. The molecule has 154 valence electrons. The highest BCUT2D eigenvalue weighted by molar-refractivity contribution is 6.15. The summed E-state index contributed by atoms with van der Waals surface area (Å²) >= 11 is 0. The number of piperidine rings is 1. The fraction of sp³-hybridized carbons (Fsp3) is 0.261. The van der Waals surface area contributed by atoms with Crippen LogP contribution >= 0.6 is 0 Å². The second-order valence-corrected chi connectivity index (χ2v) is 7.43. The third kappa shape index (κ3) is 4.51. The van der Waals surface area contributed by atoms with Gasteiger partial charge in [0.15, 0.2) is 0 Å². The van der Waals surface area contributed by atoms with E-state index >= 15 is 0 Å². The van der Waals surface area contributed by atoms with Gasteiger partial charge in [0.1, 0.15) is 12.2 Å². The van der Waals surface area contributed by atoms with Crippen molar-refractivity contribution < 1.29 is 14.4 Å². The normalized spacial score (nSPS) is 17.9. The third-order valence-electron chi connectivity index (χ3n) is 5.25. The van der Waals surface area contributed by atoms with E-state index in [-0.39, 0.29) is 12.2 Å². The quantitative estimate of drug-likeness (QED) is 0.592. The molecule has 0 saturated carbocycles. The van der Waals surface area contributed by atoms with Crippen molar-refractivity contribution in [1.82, 2.24) is 10.2 Å². The van der Waals surface area contributed by atoms with Crippen molar-refractivity contribution in [2.45, 2.75) is 19.3 Å². The Bertz CT molecular complexity index is 964. The van der Waals surface area contributed by atoms with Gasteiger partial charge in [0, 0.05) is 24.5 Å². The number of hydrogen-bond donors (Lipinski definition) is 2. The van der Waals surface area contributed by atoms with E-state index in [0.29, 0.717) is 5.69 Å². The predicted molar refractivity (Wildman–Crippen MR) is 116 cm³/mol. The van der Waals surface area contributed by atoms with Gasteiger partial charge in [-0.25, -0.2) is 9.69 Å². The van der Waals surface area contributed by atoms with Crippen LogP contribution in [-0.4, -0.2) is 42.4 Å². The number of anilines is 2. The largest absolute Gasteiger partial charge is 0.372 e. The molecule has 2 aliphatic heterocycles. The predicted octanol–water partition coefficient (Wildman–Crippen LogP) is 3.21. The lowest BCUT2D eigenvalue weighted by Crippen LogP contribution is -2.38. The summed E-state index contributed by atoms with van der Waals surface area (Å²) in [6.07, 6.45) is 5.33. The number of carbonyl (C=O) groups is 3. The first-order valence-electron chi connectivity index (χ1n) is 10.1. The van der Waals surface area contributed by atoms with Gasteiger partial charge in [-0.15, -0.1) is 0 Å². The van der Waals surface area contributed by atoms with Crippen LogP contribution in [-0.2, 0) is 9.59 Å². The summed E-state index contributed by atoms with van der Waals surface area (Å²) in [7, 11) is 0. The zero-order valence-electron chi connectivity index (χ0n) is 16.6. The van der Waals surface area contributed by atoms with E-state index in [2.05, 4.69) is 15.5 Å². The van der Waals surface area contributed by atoms with Crippen molar-refractivity contribution in [2.75, 3.05) is 29.9 Å². The first-order valence-corrected chi connectivity index (χ1v) is 10.1. The van der Waals surface area contributed by atoms with Crippen molar-refractivity contribution in [3.05, 3.63) is 65.9 Å². The highest BCUT2D eigenvalue weighted by Crippen LogP contribution is 2.22. The summed E-state index contributed by atoms with van der Waals surface area (Å²) < 4.78 is 0. The molecule has 2 aromatic carbocycles. The van der Waals surface area contributed by atoms with Crippen molar-refractivity contribution in [3.63, 3.8) is 0 Å². The van der Waals surface area contributed by atoms with E-state index in [1.807, 2.05) is 30.3 Å². The molecule has 2 fully saturated rings. The lowest BCUT2D eigenvalue weighted by molar-refractivity contribution is -0.127. The number of imide groups is 1. The zero-order valence-corrected chi connectivity index (χ0v) is 16.6. The molecule has 0 aliphatic carbocycles. The molecule has 0 bridgehead atoms. The van der Waals surface area contributed by atoms with E-state index in [9.17, 15) is 14.4 Å². The molecule has 2 heterocycles. The minimum absolute atomic E-state index is 0.165. The average molecular weight is 404 g/mol. The molecule has 30 heavy (non-hydrogen) atoms. The van der Waals surface area contributed by atoms with E-state index in [0.717, 1.165) is 29.2 Å². The Morgan fingerprint density at radius 2 is 1.67 bits per heavy atom. The van der Waals surface area contributed by atoms with Gasteiger partial charge in [0.2, 0.25) is 5.91 Å². The van der Waals surface area contributed by atoms with Crippen LogP contribution in [0.25, 0.3) is 6.08 Å². The van der Waals surface area contributed by atoms with Gasteiger partial charge in [-0.05, 0) is 55.2 Å². The van der Waals surface area contributed by atoms with E-state index in [1.165, 1.54) is 19.3 Å². The first-order chi connectivity index (χ1) is 14.6. The van der Waals surface area contributed by atoms with Crippen molar-refractivity contribution >= 4 is 35.3 Å². The Balaban J connectivity index is 1.40. The van der Waals surface area contributed by atoms with E-state index in [1.54, 1.807) is 30.3 Å². The van der Waals surface area contributed by atoms with Crippen LogP contribution in [0.4, 0.5) is 16.2 Å². The lowest BCUT2D eigenvalue weighted by atomic mass is 10.1. The SMILES string of the molecule is O=C(CN1C(=O)N/C(=C\c2ccc(N3CCCCC3)cc2)C1=O)Nc1ccccc1. The van der Waals surface area contributed by atoms with Crippen LogP contribution in [0.3, 0.4) is 0 Å². The lowest BCUT2D eigenvalue weighted by Gasteiger charge is -2.28. The van der Waals surface area contributed by atoms with Crippen molar-refractivity contribution in [3.8, 4) is 0 Å². The summed E-state index contributed by atoms with van der Waals surface area (Å²) in [6.45, 7) is 1.79. The molecule has 7 heteroatoms. The molecule has 0 aromatic heterocycles. The number of benzene rings is 2. The van der Waals surface area contributed by atoms with Crippen molar-refractivity contribution in [2.24, 2.45) is 0 Å². The molecule has 7 nitrogen and oxygen atoms in total. The zero-order chi connectivity index (χ0) is 20.9. The van der Waals surface area contributed by atoms with E-state index in [4.69, 9.17) is 0 Å². The Kier molecular flexibility index (Phi) is 5.79. The maximum atomic E-state index is 12.6. The number of carbonyl (C=O) groups excluding carboxylic acids is 3. The number of rotatable bonds is 5. The molecule has 2 N–H and O–H groups in total. The Hall–Kier alpha value is -3.61. The average Bonchev–Trinajstić information content (AvgIpc) is 3.03. The Morgan fingerprint density at radius 3 is 2.37 bits per heavy atom. The Labute approximate surface area is 175 Å². The van der Waals surface area contributed by atoms with Crippen LogP contribution in [0.5, 0.6) is 0 Å². The summed E-state index contributed by atoms with van der Waals surface area (Å²) in [5.41, 5.74) is 2.75. The standard InChI is InChI=1S/C23H24N4O3/c28-21(24-18-7-3-1-4-8-18)16-27-22(29)20(25-23(27)30)15-17-9-11-19(12-10-17)26-13-5-2-6-14-26/h1,3-4,7-12,15H,2,5-6,13-14,16H2,(H,24,28)(H,25,30)/b20-15-. The summed E-state index contributed by atoms with van der Waals surface area (Å²) in [6, 6.07) is 16.2. The maximum Gasteiger partial charge on any atom is 0.329 e. The molecule has 2 aliphatic rings. The second-order valence-electron chi connectivity index (χ2n) is 7.43. The minimum atomic E-state index is -0.598. The van der Waals surface area contributed by atoms with Crippen LogP contribution in [0.2, 0.25) is 0 Å². The van der Waals surface area contributed by atoms with Gasteiger partial charge >= 0.3 is 6.03 Å². The molecule has 2 saturated heterocycles.